The molecule has 0 saturated heterocycles. The Labute approximate surface area is 122 Å². The highest BCUT2D eigenvalue weighted by Gasteiger charge is 2.27. The first-order valence-corrected chi connectivity index (χ1v) is 8.12. The van der Waals surface area contributed by atoms with E-state index in [4.69, 9.17) is 16.4 Å². The number of nitrogens with one attached hydrogen (secondary N) is 1. The number of sulfone groups is 1. The monoisotopic (exact) mass is 315 g/mol. The largest absolute Gasteiger partial charge is 0.276 e. The molecule has 1 aromatic carbocycles. The number of halogens is 1. The van der Waals surface area contributed by atoms with Crippen molar-refractivity contribution < 1.29 is 18.0 Å². The third-order valence-corrected chi connectivity index (χ3v) is 4.48. The average molecular weight is 316 g/mol. The maximum atomic E-state index is 11.9. The topological polar surface area (TPSA) is 72.5 Å². The zero-order chi connectivity index (χ0) is 15.1. The van der Waals surface area contributed by atoms with Crippen LogP contribution >= 0.6 is 11.6 Å². The molecule has 2 rings (SSSR count). The van der Waals surface area contributed by atoms with E-state index in [0.29, 0.717) is 11.1 Å². The van der Waals surface area contributed by atoms with Crippen LogP contribution in [-0.4, -0.2) is 19.9 Å². The number of carbonyl (C=O) groups is 1. The molecule has 5 nitrogen and oxygen atoms in total. The summed E-state index contributed by atoms with van der Waals surface area (Å²) in [5.74, 6) is 0. The van der Waals surface area contributed by atoms with Crippen LogP contribution in [0.5, 0.6) is 0 Å². The molecule has 0 fully saturated rings. The van der Waals surface area contributed by atoms with Crippen LogP contribution < -0.4 is 5.48 Å². The van der Waals surface area contributed by atoms with Gasteiger partial charge in [-0.3, -0.25) is 15.1 Å². The van der Waals surface area contributed by atoms with Crippen LogP contribution in [-0.2, 0) is 14.7 Å². The third-order valence-electron chi connectivity index (χ3n) is 3.12. The Bertz CT molecular complexity index is 709. The Balaban J connectivity index is 2.73. The van der Waals surface area contributed by atoms with Crippen molar-refractivity contribution >= 4 is 26.7 Å². The molecule has 7 heteroatoms. The fourth-order valence-electron chi connectivity index (χ4n) is 2.19. The second kappa shape index (κ2) is 5.20. The number of benzene rings is 1. The van der Waals surface area contributed by atoms with Gasteiger partial charge >= 0.3 is 0 Å². The van der Waals surface area contributed by atoms with Gasteiger partial charge in [-0.15, -0.1) is 0 Å². The fraction of sp³-hybridized carbons (Fsp3) is 0.308. The highest BCUT2D eigenvalue weighted by atomic mass is 35.5. The molecule has 0 aliphatic carbocycles. The van der Waals surface area contributed by atoms with Crippen LogP contribution in [0.25, 0.3) is 0 Å². The summed E-state index contributed by atoms with van der Waals surface area (Å²) in [7, 11) is -3.44. The van der Waals surface area contributed by atoms with E-state index in [0.717, 1.165) is 12.0 Å². The molecule has 0 radical (unpaired) electrons. The Kier molecular flexibility index (Phi) is 3.90. The lowest BCUT2D eigenvalue weighted by Crippen LogP contribution is -2.13. The normalized spacial score (nSPS) is 18.6. The van der Waals surface area contributed by atoms with E-state index in [2.05, 4.69) is 5.48 Å². The lowest BCUT2D eigenvalue weighted by Gasteiger charge is -2.17. The summed E-state index contributed by atoms with van der Waals surface area (Å²) in [6.45, 7) is 3.45. The van der Waals surface area contributed by atoms with Gasteiger partial charge in [0.25, 0.3) is 5.24 Å². The predicted molar refractivity (Wildman–Crippen MR) is 75.2 cm³/mol. The second-order valence-corrected chi connectivity index (χ2v) is 7.01. The lowest BCUT2D eigenvalue weighted by molar-refractivity contribution is 0.0403. The molecular weight excluding hydrogens is 302 g/mol. The molecule has 1 N–H and O–H groups in total. The first-order chi connectivity index (χ1) is 9.21. The second-order valence-electron chi connectivity index (χ2n) is 4.69. The van der Waals surface area contributed by atoms with Crippen LogP contribution in [0.1, 0.15) is 34.5 Å². The quantitative estimate of drug-likeness (QED) is 0.866. The zero-order valence-corrected chi connectivity index (χ0v) is 12.8. The van der Waals surface area contributed by atoms with Gasteiger partial charge < -0.3 is 0 Å². The molecule has 1 atom stereocenters. The van der Waals surface area contributed by atoms with Gasteiger partial charge in [0.05, 0.1) is 4.90 Å². The van der Waals surface area contributed by atoms with Gasteiger partial charge in [0.15, 0.2) is 9.84 Å². The summed E-state index contributed by atoms with van der Waals surface area (Å²) in [5, 5.41) is -0.629. The summed E-state index contributed by atoms with van der Waals surface area (Å²) in [6, 6.07) is 2.81. The fourth-order valence-corrected chi connectivity index (χ4v) is 3.38. The molecule has 1 heterocycles. The van der Waals surface area contributed by atoms with Gasteiger partial charge in [-0.05, 0) is 49.2 Å². The van der Waals surface area contributed by atoms with Crippen LogP contribution in [0.3, 0.4) is 0 Å². The van der Waals surface area contributed by atoms with Gasteiger partial charge in [-0.2, -0.15) is 0 Å². The minimum Gasteiger partial charge on any atom is -0.276 e. The molecule has 1 unspecified atom stereocenters. The smallest absolute Gasteiger partial charge is 0.252 e. The Morgan fingerprint density at radius 3 is 2.45 bits per heavy atom. The number of rotatable bonds is 3. The van der Waals surface area contributed by atoms with Gasteiger partial charge in [-0.1, -0.05) is 0 Å². The van der Waals surface area contributed by atoms with E-state index in [-0.39, 0.29) is 10.5 Å². The molecule has 108 valence electrons. The van der Waals surface area contributed by atoms with Crippen molar-refractivity contribution in [2.24, 2.45) is 0 Å². The molecule has 0 amide bonds. The molecule has 1 aromatic rings. The third kappa shape index (κ3) is 2.72. The van der Waals surface area contributed by atoms with Crippen molar-refractivity contribution in [2.75, 3.05) is 6.26 Å². The Morgan fingerprint density at radius 2 is 2.00 bits per heavy atom. The number of hydrogen-bond acceptors (Lipinski definition) is 5. The number of allylic oxidation sites excluding steroid dienone is 1. The van der Waals surface area contributed by atoms with Gasteiger partial charge in [-0.25, -0.2) is 8.42 Å². The van der Waals surface area contributed by atoms with Crippen LogP contribution in [0.15, 0.2) is 28.8 Å². The summed E-state index contributed by atoms with van der Waals surface area (Å²) in [4.78, 5) is 16.9. The number of carbonyl (C=O) groups excluding carboxylic acids is 1. The van der Waals surface area contributed by atoms with Crippen molar-refractivity contribution in [1.29, 1.82) is 0 Å². The van der Waals surface area contributed by atoms with Crippen molar-refractivity contribution in [3.8, 4) is 0 Å². The standard InChI is InChI=1S/C13H14ClNO4S/c1-7-6-10(19-15-7)12-8(2)9(13(14)16)4-5-11(12)20(3,17)18/h4-6,10,15H,1-3H3. The average Bonchev–Trinajstić information content (AvgIpc) is 2.73. The van der Waals surface area contributed by atoms with E-state index in [9.17, 15) is 13.2 Å². The number of hydroxylamine groups is 1. The minimum atomic E-state index is -3.44. The van der Waals surface area contributed by atoms with E-state index in [1.807, 2.05) is 0 Å². The first-order valence-electron chi connectivity index (χ1n) is 5.85. The van der Waals surface area contributed by atoms with Gasteiger partial charge in [0.2, 0.25) is 0 Å². The maximum Gasteiger partial charge on any atom is 0.252 e. The first kappa shape index (κ1) is 15.0. The minimum absolute atomic E-state index is 0.134. The Morgan fingerprint density at radius 1 is 1.35 bits per heavy atom. The molecule has 0 saturated carbocycles. The van der Waals surface area contributed by atoms with E-state index < -0.39 is 21.2 Å². The SMILES string of the molecule is CC1=CC(c2c(S(C)(=O)=O)ccc(C(=O)Cl)c2C)ON1. The summed E-state index contributed by atoms with van der Waals surface area (Å²) < 4.78 is 23.8. The van der Waals surface area contributed by atoms with Crippen molar-refractivity contribution in [1.82, 2.24) is 5.48 Å². The lowest BCUT2D eigenvalue weighted by atomic mass is 9.98. The van der Waals surface area contributed by atoms with E-state index >= 15 is 0 Å². The molecule has 20 heavy (non-hydrogen) atoms. The summed E-state index contributed by atoms with van der Waals surface area (Å²) in [6.07, 6.45) is 2.29. The highest BCUT2D eigenvalue weighted by Crippen LogP contribution is 2.34. The molecule has 1 aliphatic rings. The Hall–Kier alpha value is -1.37. The van der Waals surface area contributed by atoms with Crippen molar-refractivity contribution in [3.63, 3.8) is 0 Å². The molecular formula is C13H14ClNO4S. The van der Waals surface area contributed by atoms with E-state index in [1.165, 1.54) is 12.1 Å². The molecule has 0 spiro atoms. The van der Waals surface area contributed by atoms with Crippen LogP contribution in [0, 0.1) is 6.92 Å². The molecule has 1 aliphatic heterocycles. The highest BCUT2D eigenvalue weighted by molar-refractivity contribution is 7.90. The maximum absolute atomic E-state index is 11.9. The molecule has 0 bridgehead atoms. The van der Waals surface area contributed by atoms with Crippen LogP contribution in [0.2, 0.25) is 0 Å². The van der Waals surface area contributed by atoms with E-state index in [1.54, 1.807) is 19.9 Å². The predicted octanol–water partition coefficient (Wildman–Crippen LogP) is 2.26. The zero-order valence-electron chi connectivity index (χ0n) is 11.2. The van der Waals surface area contributed by atoms with Crippen molar-refractivity contribution in [2.45, 2.75) is 24.8 Å². The van der Waals surface area contributed by atoms with Crippen LogP contribution in [0.4, 0.5) is 0 Å². The summed E-state index contributed by atoms with van der Waals surface area (Å²) in [5.41, 5.74) is 4.66. The van der Waals surface area contributed by atoms with Gasteiger partial charge in [0, 0.05) is 23.1 Å². The number of hydrogen-bond donors (Lipinski definition) is 1. The van der Waals surface area contributed by atoms with Gasteiger partial charge in [0.1, 0.15) is 6.10 Å². The molecule has 0 aromatic heterocycles. The van der Waals surface area contributed by atoms with Crippen molar-refractivity contribution in [3.05, 3.63) is 40.6 Å². The summed E-state index contributed by atoms with van der Waals surface area (Å²) >= 11 is 5.52.